The quantitative estimate of drug-likeness (QED) is 0.556. The van der Waals surface area contributed by atoms with Crippen molar-refractivity contribution in [2.45, 2.75) is 5.75 Å². The molecule has 0 amide bonds. The maximum atomic E-state index is 9.88. The highest BCUT2D eigenvalue weighted by Crippen LogP contribution is 2.23. The van der Waals surface area contributed by atoms with Crippen molar-refractivity contribution in [2.24, 2.45) is 0 Å². The van der Waals surface area contributed by atoms with E-state index in [1.54, 1.807) is 4.57 Å². The second-order valence-electron chi connectivity index (χ2n) is 3.06. The molecule has 2 rings (SSSR count). The van der Waals surface area contributed by atoms with Gasteiger partial charge in [-0.25, -0.2) is 0 Å². The minimum atomic E-state index is 0.126. The van der Waals surface area contributed by atoms with Gasteiger partial charge in [0.15, 0.2) is 4.77 Å². The molecule has 0 spiro atoms. The smallest absolute Gasteiger partial charge is 0.218 e. The van der Waals surface area contributed by atoms with Gasteiger partial charge in [0.1, 0.15) is 0 Å². The Kier molecular flexibility index (Phi) is 2.83. The summed E-state index contributed by atoms with van der Waals surface area (Å²) in [6, 6.07) is 9.46. The zero-order valence-electron chi connectivity index (χ0n) is 7.84. The van der Waals surface area contributed by atoms with E-state index < -0.39 is 0 Å². The van der Waals surface area contributed by atoms with Crippen LogP contribution in [0.25, 0.3) is 5.69 Å². The highest BCUT2D eigenvalue weighted by Gasteiger charge is 2.10. The monoisotopic (exact) mass is 238 g/mol. The number of nitrogens with one attached hydrogen (secondary N) is 1. The number of rotatable bonds is 2. The van der Waals surface area contributed by atoms with Crippen LogP contribution in [0.1, 0.15) is 5.69 Å². The Morgan fingerprint density at radius 2 is 2.00 bits per heavy atom. The van der Waals surface area contributed by atoms with Crippen molar-refractivity contribution >= 4 is 24.8 Å². The molecule has 2 aromatic rings. The second kappa shape index (κ2) is 4.12. The molecule has 0 radical (unpaired) electrons. The lowest BCUT2D eigenvalue weighted by molar-refractivity contribution is 0.437. The second-order valence-corrected chi connectivity index (χ2v) is 3.76. The van der Waals surface area contributed by atoms with E-state index in [0.29, 0.717) is 16.2 Å². The predicted molar refractivity (Wildman–Crippen MR) is 65.3 cm³/mol. The molecule has 0 bridgehead atoms. The molecular weight excluding hydrogens is 228 g/mol. The van der Waals surface area contributed by atoms with E-state index >= 15 is 0 Å². The van der Waals surface area contributed by atoms with Crippen LogP contribution < -0.4 is 0 Å². The number of nitrogens with zero attached hydrogens (tertiary/aromatic N) is 1. The SMILES string of the molecule is Oc1c(CS)[nH]c(=S)n1-c1ccccc1. The number of hydrogen-bond acceptors (Lipinski definition) is 3. The normalized spacial score (nSPS) is 10.5. The fourth-order valence-corrected chi connectivity index (χ4v) is 1.93. The minimum Gasteiger partial charge on any atom is -0.493 e. The average molecular weight is 238 g/mol. The third kappa shape index (κ3) is 1.80. The van der Waals surface area contributed by atoms with Crippen molar-refractivity contribution < 1.29 is 5.11 Å². The molecule has 0 aliphatic heterocycles. The lowest BCUT2D eigenvalue weighted by Gasteiger charge is -2.03. The van der Waals surface area contributed by atoms with E-state index in [9.17, 15) is 5.11 Å². The number of aromatic hydroxyl groups is 1. The van der Waals surface area contributed by atoms with Crippen LogP contribution in [0.3, 0.4) is 0 Å². The summed E-state index contributed by atoms with van der Waals surface area (Å²) in [5, 5.41) is 9.88. The van der Waals surface area contributed by atoms with Crippen molar-refractivity contribution in [3.8, 4) is 11.6 Å². The number of thiol groups is 1. The summed E-state index contributed by atoms with van der Waals surface area (Å²) in [5.74, 6) is 0.552. The Labute approximate surface area is 97.8 Å². The standard InChI is InChI=1S/C10H10N2OS2/c13-9-8(6-14)11-10(15)12(9)7-4-2-1-3-5-7/h1-5,13-14H,6H2,(H,11,15). The van der Waals surface area contributed by atoms with E-state index in [4.69, 9.17) is 12.2 Å². The third-order valence-corrected chi connectivity index (χ3v) is 2.72. The first kappa shape index (κ1) is 10.3. The number of H-pyrrole nitrogens is 1. The third-order valence-electron chi connectivity index (χ3n) is 2.12. The van der Waals surface area contributed by atoms with E-state index in [1.165, 1.54) is 0 Å². The van der Waals surface area contributed by atoms with E-state index in [2.05, 4.69) is 17.6 Å². The van der Waals surface area contributed by atoms with Gasteiger partial charge in [-0.1, -0.05) is 18.2 Å². The summed E-state index contributed by atoms with van der Waals surface area (Å²) >= 11 is 9.22. The molecule has 78 valence electrons. The molecule has 1 heterocycles. The molecule has 0 aliphatic carbocycles. The molecule has 0 saturated heterocycles. The van der Waals surface area contributed by atoms with Gasteiger partial charge in [0.25, 0.3) is 0 Å². The molecule has 1 aromatic carbocycles. The molecule has 2 N–H and O–H groups in total. The maximum Gasteiger partial charge on any atom is 0.218 e. The molecule has 15 heavy (non-hydrogen) atoms. The van der Waals surface area contributed by atoms with Gasteiger partial charge < -0.3 is 10.1 Å². The van der Waals surface area contributed by atoms with Crippen LogP contribution in [-0.4, -0.2) is 14.7 Å². The summed E-state index contributed by atoms with van der Waals surface area (Å²) in [7, 11) is 0. The Bertz CT molecular complexity index is 516. The number of para-hydroxylation sites is 1. The molecule has 0 fully saturated rings. The fraction of sp³-hybridized carbons (Fsp3) is 0.100. The van der Waals surface area contributed by atoms with Crippen molar-refractivity contribution in [3.63, 3.8) is 0 Å². The van der Waals surface area contributed by atoms with Gasteiger partial charge in [-0.3, -0.25) is 4.57 Å². The molecular formula is C10H10N2OS2. The van der Waals surface area contributed by atoms with Gasteiger partial charge in [-0.15, -0.1) is 0 Å². The lowest BCUT2D eigenvalue weighted by Crippen LogP contribution is -1.92. The molecule has 0 atom stereocenters. The van der Waals surface area contributed by atoms with Crippen molar-refractivity contribution in [1.82, 2.24) is 9.55 Å². The van der Waals surface area contributed by atoms with E-state index in [-0.39, 0.29) is 5.88 Å². The maximum absolute atomic E-state index is 9.88. The number of aromatic amines is 1. The summed E-state index contributed by atoms with van der Waals surface area (Å²) in [4.78, 5) is 2.91. The van der Waals surface area contributed by atoms with Gasteiger partial charge in [0.2, 0.25) is 5.88 Å². The van der Waals surface area contributed by atoms with E-state index in [1.807, 2.05) is 30.3 Å². The van der Waals surface area contributed by atoms with Crippen molar-refractivity contribution in [1.29, 1.82) is 0 Å². The Balaban J connectivity index is 2.64. The Morgan fingerprint density at radius 3 is 2.53 bits per heavy atom. The summed E-state index contributed by atoms with van der Waals surface area (Å²) in [5.41, 5.74) is 1.47. The van der Waals surface area contributed by atoms with Gasteiger partial charge in [0.05, 0.1) is 11.4 Å². The van der Waals surface area contributed by atoms with Crippen LogP contribution in [0.2, 0.25) is 0 Å². The predicted octanol–water partition coefficient (Wildman–Crippen LogP) is 2.67. The Morgan fingerprint density at radius 1 is 1.33 bits per heavy atom. The fourth-order valence-electron chi connectivity index (χ4n) is 1.40. The summed E-state index contributed by atoms with van der Waals surface area (Å²) in [6.45, 7) is 0. The first-order valence-corrected chi connectivity index (χ1v) is 5.47. The van der Waals surface area contributed by atoms with Crippen LogP contribution in [0.4, 0.5) is 0 Å². The number of benzene rings is 1. The molecule has 0 aliphatic rings. The van der Waals surface area contributed by atoms with Gasteiger partial charge >= 0.3 is 0 Å². The van der Waals surface area contributed by atoms with Crippen molar-refractivity contribution in [3.05, 3.63) is 40.8 Å². The number of hydrogen-bond donors (Lipinski definition) is 3. The van der Waals surface area contributed by atoms with Crippen LogP contribution in [0.15, 0.2) is 30.3 Å². The van der Waals surface area contributed by atoms with Gasteiger partial charge in [-0.05, 0) is 24.4 Å². The van der Waals surface area contributed by atoms with Crippen LogP contribution in [-0.2, 0) is 5.75 Å². The largest absolute Gasteiger partial charge is 0.493 e. The van der Waals surface area contributed by atoms with Gasteiger partial charge in [-0.2, -0.15) is 12.6 Å². The topological polar surface area (TPSA) is 40.9 Å². The van der Waals surface area contributed by atoms with Crippen LogP contribution in [0.5, 0.6) is 5.88 Å². The highest BCUT2D eigenvalue weighted by molar-refractivity contribution is 7.79. The summed E-state index contributed by atoms with van der Waals surface area (Å²) < 4.78 is 2.06. The first-order chi connectivity index (χ1) is 7.24. The lowest BCUT2D eigenvalue weighted by atomic mass is 10.3. The minimum absolute atomic E-state index is 0.126. The van der Waals surface area contributed by atoms with Crippen LogP contribution >= 0.6 is 24.8 Å². The zero-order valence-corrected chi connectivity index (χ0v) is 9.55. The van der Waals surface area contributed by atoms with Gasteiger partial charge in [0, 0.05) is 5.75 Å². The summed E-state index contributed by atoms with van der Waals surface area (Å²) in [6.07, 6.45) is 0. The first-order valence-electron chi connectivity index (χ1n) is 4.43. The number of imidazole rings is 1. The number of aromatic nitrogens is 2. The average Bonchev–Trinajstić information content (AvgIpc) is 2.55. The molecule has 0 unspecified atom stereocenters. The molecule has 5 heteroatoms. The molecule has 1 aromatic heterocycles. The van der Waals surface area contributed by atoms with Crippen LogP contribution in [0, 0.1) is 4.77 Å². The molecule has 3 nitrogen and oxygen atoms in total. The Hall–Kier alpha value is -1.20. The highest BCUT2D eigenvalue weighted by atomic mass is 32.1. The van der Waals surface area contributed by atoms with E-state index in [0.717, 1.165) is 5.69 Å². The zero-order chi connectivity index (χ0) is 10.8. The van der Waals surface area contributed by atoms with Crippen molar-refractivity contribution in [2.75, 3.05) is 0 Å². The molecule has 0 saturated carbocycles.